The van der Waals surface area contributed by atoms with Gasteiger partial charge in [-0.2, -0.15) is 0 Å². The van der Waals surface area contributed by atoms with Gasteiger partial charge in [0.05, 0.1) is 39.3 Å². The average molecular weight is 466 g/mol. The van der Waals surface area contributed by atoms with Crippen LogP contribution in [0.1, 0.15) is 52.7 Å². The number of hydrogen-bond donors (Lipinski definition) is 0. The third kappa shape index (κ3) is 6.78. The molecule has 0 spiro atoms. The Morgan fingerprint density at radius 3 is 1.12 bits per heavy atom. The number of benzene rings is 1. The SMILES string of the molecule is CC[N+](CC)(CC)Cc1cccc(C[N+](CC)(CC)CC)c1.[Br-].[Br-]. The molecular formula is C20H38Br2N2. The van der Waals surface area contributed by atoms with E-state index in [0.717, 1.165) is 0 Å². The molecule has 0 fully saturated rings. The van der Waals surface area contributed by atoms with Crippen molar-refractivity contribution in [1.82, 2.24) is 0 Å². The molecule has 0 aliphatic carbocycles. The smallest absolute Gasteiger partial charge is 0.104 e. The molecule has 0 aliphatic heterocycles. The summed E-state index contributed by atoms with van der Waals surface area (Å²) >= 11 is 0. The first kappa shape index (κ1) is 26.3. The average Bonchev–Trinajstić information content (AvgIpc) is 2.58. The largest absolute Gasteiger partial charge is 1.00 e. The van der Waals surface area contributed by atoms with Crippen LogP contribution < -0.4 is 34.0 Å². The maximum absolute atomic E-state index is 2.46. The van der Waals surface area contributed by atoms with E-state index in [0.29, 0.717) is 0 Å². The fourth-order valence-corrected chi connectivity index (χ4v) is 3.61. The van der Waals surface area contributed by atoms with E-state index < -0.39 is 0 Å². The summed E-state index contributed by atoms with van der Waals surface area (Å²) in [5.74, 6) is 0. The van der Waals surface area contributed by atoms with E-state index in [4.69, 9.17) is 0 Å². The van der Waals surface area contributed by atoms with Crippen LogP contribution in [0.25, 0.3) is 0 Å². The quantitative estimate of drug-likeness (QED) is 0.367. The van der Waals surface area contributed by atoms with Crippen LogP contribution in [0.2, 0.25) is 0 Å². The maximum Gasteiger partial charge on any atom is 0.104 e. The van der Waals surface area contributed by atoms with Gasteiger partial charge in [-0.1, -0.05) is 18.2 Å². The molecule has 24 heavy (non-hydrogen) atoms. The second-order valence-electron chi connectivity index (χ2n) is 6.72. The lowest BCUT2D eigenvalue weighted by atomic mass is 10.1. The van der Waals surface area contributed by atoms with Gasteiger partial charge in [0.25, 0.3) is 0 Å². The third-order valence-corrected chi connectivity index (χ3v) is 6.05. The van der Waals surface area contributed by atoms with Crippen LogP contribution in [0.3, 0.4) is 0 Å². The van der Waals surface area contributed by atoms with Crippen molar-refractivity contribution in [3.05, 3.63) is 35.4 Å². The summed E-state index contributed by atoms with van der Waals surface area (Å²) in [5.41, 5.74) is 3.01. The zero-order chi connectivity index (χ0) is 16.6. The van der Waals surface area contributed by atoms with Crippen molar-refractivity contribution in [3.8, 4) is 0 Å². The number of hydrogen-bond acceptors (Lipinski definition) is 0. The number of nitrogens with zero attached hydrogens (tertiary/aromatic N) is 2. The predicted molar refractivity (Wildman–Crippen MR) is 97.6 cm³/mol. The Hall–Kier alpha value is 0.1000. The van der Waals surface area contributed by atoms with Crippen LogP contribution in [0.5, 0.6) is 0 Å². The van der Waals surface area contributed by atoms with Gasteiger partial charge in [-0.25, -0.2) is 0 Å². The zero-order valence-corrected chi connectivity index (χ0v) is 19.8. The molecule has 0 atom stereocenters. The Balaban J connectivity index is 0. The first-order valence-corrected chi connectivity index (χ1v) is 9.30. The van der Waals surface area contributed by atoms with Crippen LogP contribution in [-0.4, -0.2) is 48.2 Å². The van der Waals surface area contributed by atoms with Gasteiger partial charge >= 0.3 is 0 Å². The van der Waals surface area contributed by atoms with Crippen molar-refractivity contribution < 1.29 is 42.9 Å². The van der Waals surface area contributed by atoms with Crippen LogP contribution in [-0.2, 0) is 13.1 Å². The molecule has 0 N–H and O–H groups in total. The molecule has 0 saturated heterocycles. The molecule has 1 rings (SSSR count). The summed E-state index contributed by atoms with van der Waals surface area (Å²) in [4.78, 5) is 0. The molecule has 0 aliphatic rings. The second kappa shape index (κ2) is 12.5. The minimum absolute atomic E-state index is 0. The van der Waals surface area contributed by atoms with Crippen molar-refractivity contribution >= 4 is 0 Å². The predicted octanol–water partition coefficient (Wildman–Crippen LogP) is -1.55. The summed E-state index contributed by atoms with van der Waals surface area (Å²) in [6.45, 7) is 23.6. The molecule has 0 amide bonds. The highest BCUT2D eigenvalue weighted by atomic mass is 79.9. The lowest BCUT2D eigenvalue weighted by molar-refractivity contribution is -0.936. The van der Waals surface area contributed by atoms with Gasteiger partial charge in [0, 0.05) is 11.1 Å². The lowest BCUT2D eigenvalue weighted by Gasteiger charge is -2.37. The Morgan fingerprint density at radius 1 is 0.583 bits per heavy atom. The van der Waals surface area contributed by atoms with Crippen LogP contribution in [0, 0.1) is 0 Å². The minimum Gasteiger partial charge on any atom is -1.00 e. The molecule has 0 unspecified atom stereocenters. The summed E-state index contributed by atoms with van der Waals surface area (Å²) in [5, 5.41) is 0. The van der Waals surface area contributed by atoms with E-state index in [1.54, 1.807) is 0 Å². The van der Waals surface area contributed by atoms with Crippen molar-refractivity contribution in [3.63, 3.8) is 0 Å². The number of rotatable bonds is 10. The van der Waals surface area contributed by atoms with E-state index in [1.165, 1.54) is 72.5 Å². The van der Waals surface area contributed by atoms with Gasteiger partial charge in [-0.05, 0) is 47.6 Å². The van der Waals surface area contributed by atoms with Gasteiger partial charge in [0.1, 0.15) is 13.1 Å². The molecule has 4 heteroatoms. The highest BCUT2D eigenvalue weighted by Gasteiger charge is 2.23. The normalized spacial score (nSPS) is 11.6. The maximum atomic E-state index is 2.46. The van der Waals surface area contributed by atoms with Crippen molar-refractivity contribution in [2.45, 2.75) is 54.6 Å². The van der Waals surface area contributed by atoms with E-state index in [-0.39, 0.29) is 34.0 Å². The number of halogens is 2. The van der Waals surface area contributed by atoms with Crippen molar-refractivity contribution in [2.75, 3.05) is 39.3 Å². The molecule has 0 radical (unpaired) electrons. The second-order valence-corrected chi connectivity index (χ2v) is 6.72. The molecule has 0 bridgehead atoms. The Kier molecular flexibility index (Phi) is 13.7. The molecule has 1 aromatic rings. The van der Waals surface area contributed by atoms with Crippen LogP contribution >= 0.6 is 0 Å². The first-order valence-electron chi connectivity index (χ1n) is 9.30. The van der Waals surface area contributed by atoms with Gasteiger partial charge in [0.2, 0.25) is 0 Å². The molecule has 0 saturated carbocycles. The molecule has 1 aromatic carbocycles. The Labute approximate surface area is 172 Å². The summed E-state index contributed by atoms with van der Waals surface area (Å²) in [6, 6.07) is 9.35. The van der Waals surface area contributed by atoms with Gasteiger partial charge in [-0.3, -0.25) is 0 Å². The lowest BCUT2D eigenvalue weighted by Crippen LogP contribution is -3.00. The topological polar surface area (TPSA) is 0 Å². The number of quaternary nitrogens is 2. The van der Waals surface area contributed by atoms with Gasteiger partial charge in [0.15, 0.2) is 0 Å². The van der Waals surface area contributed by atoms with Crippen LogP contribution in [0.15, 0.2) is 24.3 Å². The van der Waals surface area contributed by atoms with Gasteiger partial charge in [-0.15, -0.1) is 0 Å². The molecule has 0 heterocycles. The fourth-order valence-electron chi connectivity index (χ4n) is 3.61. The van der Waals surface area contributed by atoms with E-state index in [2.05, 4.69) is 65.8 Å². The van der Waals surface area contributed by atoms with Gasteiger partial charge < -0.3 is 42.9 Å². The third-order valence-electron chi connectivity index (χ3n) is 6.05. The van der Waals surface area contributed by atoms with Crippen LogP contribution in [0.4, 0.5) is 0 Å². The monoisotopic (exact) mass is 464 g/mol. The van der Waals surface area contributed by atoms with Crippen molar-refractivity contribution in [2.24, 2.45) is 0 Å². The molecule has 142 valence electrons. The van der Waals surface area contributed by atoms with E-state index in [1.807, 2.05) is 0 Å². The first-order chi connectivity index (χ1) is 10.5. The Bertz CT molecular complexity index is 387. The zero-order valence-electron chi connectivity index (χ0n) is 16.6. The Morgan fingerprint density at radius 2 is 0.875 bits per heavy atom. The summed E-state index contributed by atoms with van der Waals surface area (Å²) < 4.78 is 2.39. The molecule has 2 nitrogen and oxygen atoms in total. The minimum atomic E-state index is 0. The molecular weight excluding hydrogens is 428 g/mol. The fraction of sp³-hybridized carbons (Fsp3) is 0.700. The van der Waals surface area contributed by atoms with Crippen molar-refractivity contribution in [1.29, 1.82) is 0 Å². The summed E-state index contributed by atoms with van der Waals surface area (Å²) in [6.07, 6.45) is 0. The van der Waals surface area contributed by atoms with E-state index >= 15 is 0 Å². The molecule has 0 aromatic heterocycles. The standard InChI is InChI=1S/C20H38N2.2BrH/c1-7-21(8-2,9-3)17-19-14-13-15-20(16-19)18-22(10-4,11-5)12-6;;/h13-16H,7-12,17-18H2,1-6H3;2*1H/q+2;;/p-2. The van der Waals surface area contributed by atoms with E-state index in [9.17, 15) is 0 Å². The highest BCUT2D eigenvalue weighted by Crippen LogP contribution is 2.19. The highest BCUT2D eigenvalue weighted by molar-refractivity contribution is 5.22. The summed E-state index contributed by atoms with van der Waals surface area (Å²) in [7, 11) is 0.